The van der Waals surface area contributed by atoms with E-state index in [4.69, 9.17) is 23.2 Å². The van der Waals surface area contributed by atoms with E-state index in [9.17, 15) is 4.79 Å². The number of pyridine rings is 1. The quantitative estimate of drug-likeness (QED) is 0.883. The first-order chi connectivity index (χ1) is 9.38. The number of halogens is 2. The summed E-state index contributed by atoms with van der Waals surface area (Å²) < 4.78 is 0. The molecule has 0 spiro atoms. The van der Waals surface area contributed by atoms with Gasteiger partial charge in [-0.15, -0.1) is 0 Å². The Kier molecular flexibility index (Phi) is 4.31. The Morgan fingerprint density at radius 1 is 1.15 bits per heavy atom. The number of hydrogen-bond donors (Lipinski definition) is 1. The minimum absolute atomic E-state index is 0.297. The number of nitrogens with zero attached hydrogens (tertiary/aromatic N) is 1. The van der Waals surface area contributed by atoms with Crippen LogP contribution in [0.2, 0.25) is 10.0 Å². The molecule has 0 fully saturated rings. The minimum Gasteiger partial charge on any atom is -0.320 e. The summed E-state index contributed by atoms with van der Waals surface area (Å²) in [7, 11) is 0. The Morgan fingerprint density at radius 2 is 1.85 bits per heavy atom. The SMILES string of the molecule is Cc1cc(C)c(NC(=O)c2cc(Cl)ccc2Cl)c(C)n1. The van der Waals surface area contributed by atoms with E-state index in [-0.39, 0.29) is 5.91 Å². The zero-order valence-electron chi connectivity index (χ0n) is 11.4. The summed E-state index contributed by atoms with van der Waals surface area (Å²) in [6, 6.07) is 6.71. The van der Waals surface area contributed by atoms with Gasteiger partial charge < -0.3 is 5.32 Å². The number of aromatic nitrogens is 1. The largest absolute Gasteiger partial charge is 0.320 e. The van der Waals surface area contributed by atoms with Crippen LogP contribution in [0.15, 0.2) is 24.3 Å². The van der Waals surface area contributed by atoms with Gasteiger partial charge in [0.15, 0.2) is 0 Å². The van der Waals surface area contributed by atoms with E-state index in [0.29, 0.717) is 21.3 Å². The van der Waals surface area contributed by atoms with Crippen LogP contribution < -0.4 is 5.32 Å². The molecule has 1 aromatic heterocycles. The zero-order valence-corrected chi connectivity index (χ0v) is 12.9. The molecule has 1 aromatic carbocycles. The second-order valence-electron chi connectivity index (χ2n) is 4.62. The summed E-state index contributed by atoms with van der Waals surface area (Å²) in [5, 5.41) is 3.68. The Bertz CT molecular complexity index is 661. The van der Waals surface area contributed by atoms with Crippen molar-refractivity contribution in [2.24, 2.45) is 0 Å². The topological polar surface area (TPSA) is 42.0 Å². The highest BCUT2D eigenvalue weighted by Crippen LogP contribution is 2.24. The lowest BCUT2D eigenvalue weighted by atomic mass is 10.1. The predicted molar refractivity (Wildman–Crippen MR) is 82.9 cm³/mol. The van der Waals surface area contributed by atoms with Gasteiger partial charge in [0.2, 0.25) is 0 Å². The molecule has 0 radical (unpaired) electrons. The maximum absolute atomic E-state index is 12.3. The van der Waals surface area contributed by atoms with Gasteiger partial charge in [-0.2, -0.15) is 0 Å². The van der Waals surface area contributed by atoms with Gasteiger partial charge in [-0.25, -0.2) is 0 Å². The van der Waals surface area contributed by atoms with Crippen molar-refractivity contribution in [2.75, 3.05) is 5.32 Å². The van der Waals surface area contributed by atoms with E-state index in [0.717, 1.165) is 17.0 Å². The zero-order chi connectivity index (χ0) is 14.9. The van der Waals surface area contributed by atoms with Crippen molar-refractivity contribution in [3.63, 3.8) is 0 Å². The summed E-state index contributed by atoms with van der Waals surface area (Å²) in [6.07, 6.45) is 0. The molecule has 20 heavy (non-hydrogen) atoms. The Morgan fingerprint density at radius 3 is 2.50 bits per heavy atom. The molecule has 0 aliphatic carbocycles. The van der Waals surface area contributed by atoms with Gasteiger partial charge >= 0.3 is 0 Å². The molecule has 1 N–H and O–H groups in total. The number of benzene rings is 1. The van der Waals surface area contributed by atoms with E-state index in [1.54, 1.807) is 18.2 Å². The van der Waals surface area contributed by atoms with E-state index < -0.39 is 0 Å². The number of anilines is 1. The first kappa shape index (κ1) is 14.8. The van der Waals surface area contributed by atoms with Gasteiger partial charge in [0.05, 0.1) is 22.0 Å². The molecule has 1 heterocycles. The first-order valence-corrected chi connectivity index (χ1v) is 6.85. The normalized spacial score (nSPS) is 10.4. The van der Waals surface area contributed by atoms with Crippen molar-refractivity contribution < 1.29 is 4.79 Å². The van der Waals surface area contributed by atoms with E-state index in [1.165, 1.54) is 0 Å². The maximum Gasteiger partial charge on any atom is 0.257 e. The van der Waals surface area contributed by atoms with Gasteiger partial charge in [-0.1, -0.05) is 23.2 Å². The predicted octanol–water partition coefficient (Wildman–Crippen LogP) is 4.57. The van der Waals surface area contributed by atoms with Crippen molar-refractivity contribution in [2.45, 2.75) is 20.8 Å². The van der Waals surface area contributed by atoms with Crippen LogP contribution in [0.4, 0.5) is 5.69 Å². The number of carbonyl (C=O) groups excluding carboxylic acids is 1. The molecule has 0 aliphatic heterocycles. The van der Waals surface area contributed by atoms with Gasteiger partial charge in [0, 0.05) is 10.7 Å². The highest BCUT2D eigenvalue weighted by molar-refractivity contribution is 6.36. The molecule has 1 amide bonds. The number of amides is 1. The number of rotatable bonds is 2. The lowest BCUT2D eigenvalue weighted by Crippen LogP contribution is -2.15. The van der Waals surface area contributed by atoms with Crippen LogP contribution in [0.25, 0.3) is 0 Å². The van der Waals surface area contributed by atoms with E-state index in [2.05, 4.69) is 10.3 Å². The van der Waals surface area contributed by atoms with Crippen LogP contribution in [0.5, 0.6) is 0 Å². The summed E-state index contributed by atoms with van der Waals surface area (Å²) in [5.41, 5.74) is 3.70. The smallest absolute Gasteiger partial charge is 0.257 e. The monoisotopic (exact) mass is 308 g/mol. The third-order valence-electron chi connectivity index (χ3n) is 2.94. The fraction of sp³-hybridized carbons (Fsp3) is 0.200. The molecule has 5 heteroatoms. The van der Waals surface area contributed by atoms with Crippen molar-refractivity contribution in [3.8, 4) is 0 Å². The van der Waals surface area contributed by atoms with Gasteiger partial charge in [-0.05, 0) is 50.6 Å². The molecule has 104 valence electrons. The number of hydrogen-bond acceptors (Lipinski definition) is 2. The average molecular weight is 309 g/mol. The van der Waals surface area contributed by atoms with Crippen LogP contribution in [0.3, 0.4) is 0 Å². The van der Waals surface area contributed by atoms with Crippen LogP contribution in [-0.4, -0.2) is 10.9 Å². The van der Waals surface area contributed by atoms with Gasteiger partial charge in [0.1, 0.15) is 0 Å². The van der Waals surface area contributed by atoms with E-state index in [1.807, 2.05) is 26.8 Å². The van der Waals surface area contributed by atoms with Crippen LogP contribution in [0.1, 0.15) is 27.3 Å². The Labute approximate surface area is 127 Å². The fourth-order valence-corrected chi connectivity index (χ4v) is 2.44. The molecule has 2 rings (SSSR count). The second-order valence-corrected chi connectivity index (χ2v) is 5.46. The molecule has 0 atom stereocenters. The molecule has 0 bridgehead atoms. The molecule has 0 saturated carbocycles. The molecule has 0 aliphatic rings. The van der Waals surface area contributed by atoms with Gasteiger partial charge in [-0.3, -0.25) is 9.78 Å². The number of nitrogens with one attached hydrogen (secondary N) is 1. The second kappa shape index (κ2) is 5.81. The van der Waals surface area contributed by atoms with Crippen molar-refractivity contribution in [1.82, 2.24) is 4.98 Å². The van der Waals surface area contributed by atoms with Crippen LogP contribution in [0, 0.1) is 20.8 Å². The van der Waals surface area contributed by atoms with Crippen LogP contribution >= 0.6 is 23.2 Å². The summed E-state index contributed by atoms with van der Waals surface area (Å²) in [4.78, 5) is 16.6. The lowest BCUT2D eigenvalue weighted by Gasteiger charge is -2.12. The highest BCUT2D eigenvalue weighted by atomic mass is 35.5. The van der Waals surface area contributed by atoms with Crippen molar-refractivity contribution in [3.05, 3.63) is 56.8 Å². The third kappa shape index (κ3) is 3.11. The third-order valence-corrected chi connectivity index (χ3v) is 3.50. The molecular weight excluding hydrogens is 295 g/mol. The van der Waals surface area contributed by atoms with Crippen molar-refractivity contribution >= 4 is 34.8 Å². The lowest BCUT2D eigenvalue weighted by molar-refractivity contribution is 0.102. The minimum atomic E-state index is -0.297. The van der Waals surface area contributed by atoms with E-state index >= 15 is 0 Å². The average Bonchev–Trinajstić information content (AvgIpc) is 2.36. The Hall–Kier alpha value is -1.58. The molecule has 2 aromatic rings. The number of aryl methyl sites for hydroxylation is 3. The number of carbonyl (C=O) groups is 1. The summed E-state index contributed by atoms with van der Waals surface area (Å²) in [6.45, 7) is 5.70. The summed E-state index contributed by atoms with van der Waals surface area (Å²) in [5.74, 6) is -0.297. The molecule has 0 saturated heterocycles. The molecule has 3 nitrogen and oxygen atoms in total. The first-order valence-electron chi connectivity index (χ1n) is 6.09. The van der Waals surface area contributed by atoms with Crippen LogP contribution in [-0.2, 0) is 0 Å². The van der Waals surface area contributed by atoms with Gasteiger partial charge in [0.25, 0.3) is 5.91 Å². The van der Waals surface area contributed by atoms with Crippen molar-refractivity contribution in [1.29, 1.82) is 0 Å². The fourth-order valence-electron chi connectivity index (χ4n) is 2.06. The molecule has 0 unspecified atom stereocenters. The standard InChI is InChI=1S/C15H14Cl2N2O/c1-8-6-9(2)18-10(3)14(8)19-15(20)12-7-11(16)4-5-13(12)17/h4-7H,1-3H3,(H,19,20). The molecular formula is C15H14Cl2N2O. The Balaban J connectivity index is 2.35. The maximum atomic E-state index is 12.3. The highest BCUT2D eigenvalue weighted by Gasteiger charge is 2.14. The summed E-state index contributed by atoms with van der Waals surface area (Å²) >= 11 is 11.9.